The predicted molar refractivity (Wildman–Crippen MR) is 132 cm³/mol. The molecule has 0 amide bonds. The Morgan fingerprint density at radius 2 is 1.51 bits per heavy atom. The van der Waals surface area contributed by atoms with E-state index in [9.17, 15) is 8.78 Å². The number of aromatic nitrogens is 2. The predicted octanol–water partition coefficient (Wildman–Crippen LogP) is 6.27. The second kappa shape index (κ2) is 9.46. The van der Waals surface area contributed by atoms with Gasteiger partial charge in [-0.05, 0) is 82.8 Å². The molecule has 4 aromatic carbocycles. The molecule has 7 heteroatoms. The molecule has 0 bridgehead atoms. The summed E-state index contributed by atoms with van der Waals surface area (Å²) in [4.78, 5) is 0. The summed E-state index contributed by atoms with van der Waals surface area (Å²) < 4.78 is 38.7. The second-order valence-electron chi connectivity index (χ2n) is 8.28. The first kappa shape index (κ1) is 22.4. The lowest BCUT2D eigenvalue weighted by Gasteiger charge is -2.13. The van der Waals surface area contributed by atoms with Crippen LogP contribution in [0.4, 0.5) is 14.6 Å². The third-order valence-electron chi connectivity index (χ3n) is 5.86. The zero-order valence-electron chi connectivity index (χ0n) is 19.0. The van der Waals surface area contributed by atoms with Crippen LogP contribution in [0.1, 0.15) is 16.7 Å². The molecule has 0 aliphatic carbocycles. The molecule has 1 aromatic heterocycles. The molecule has 1 heterocycles. The molecule has 0 fully saturated rings. The van der Waals surface area contributed by atoms with Crippen molar-refractivity contribution < 1.29 is 18.3 Å². The molecule has 0 aliphatic rings. The monoisotopic (exact) mass is 471 g/mol. The normalized spacial score (nSPS) is 11.1. The maximum atomic E-state index is 13.8. The molecule has 35 heavy (non-hydrogen) atoms. The van der Waals surface area contributed by atoms with Crippen LogP contribution in [0.25, 0.3) is 22.0 Å². The topological polar surface area (TPSA) is 73.2 Å². The number of nitrogens with one attached hydrogen (secondary N) is 1. The fourth-order valence-corrected chi connectivity index (χ4v) is 4.10. The Kier molecular flexibility index (Phi) is 6.06. The minimum Gasteiger partial charge on any atom is -0.497 e. The number of halogens is 2. The summed E-state index contributed by atoms with van der Waals surface area (Å²) in [6.45, 7) is 0.430. The number of nitrogens with two attached hydrogens (primary N) is 1. The summed E-state index contributed by atoms with van der Waals surface area (Å²) >= 11 is 0. The minimum absolute atomic E-state index is 0.334. The van der Waals surface area contributed by atoms with Gasteiger partial charge in [0.1, 0.15) is 29.7 Å². The third-order valence-corrected chi connectivity index (χ3v) is 5.86. The number of anilines is 1. The fourth-order valence-electron chi connectivity index (χ4n) is 4.10. The number of methoxy groups -OCH3 is 1. The summed E-state index contributed by atoms with van der Waals surface area (Å²) in [7, 11) is 1.63. The Hall–Kier alpha value is -4.39. The molecule has 0 unspecified atom stereocenters. The van der Waals surface area contributed by atoms with Crippen molar-refractivity contribution in [1.29, 1.82) is 0 Å². The van der Waals surface area contributed by atoms with E-state index in [1.165, 1.54) is 12.1 Å². The number of ether oxygens (including phenoxy) is 2. The van der Waals surface area contributed by atoms with Crippen LogP contribution < -0.4 is 15.2 Å². The summed E-state index contributed by atoms with van der Waals surface area (Å²) in [5.41, 5.74) is 11.1. The van der Waals surface area contributed by atoms with Gasteiger partial charge in [0.05, 0.1) is 12.6 Å². The first-order valence-electron chi connectivity index (χ1n) is 11.1. The van der Waals surface area contributed by atoms with E-state index in [1.54, 1.807) is 7.11 Å². The highest BCUT2D eigenvalue weighted by molar-refractivity contribution is 5.93. The molecule has 3 N–H and O–H groups in total. The van der Waals surface area contributed by atoms with E-state index in [0.717, 1.165) is 50.7 Å². The summed E-state index contributed by atoms with van der Waals surface area (Å²) in [5, 5.41) is 7.79. The number of fused-ring (bicyclic) bond motifs is 1. The number of benzene rings is 4. The quantitative estimate of drug-likeness (QED) is 0.293. The number of H-pyrrole nitrogens is 1. The van der Waals surface area contributed by atoms with Gasteiger partial charge < -0.3 is 15.2 Å². The van der Waals surface area contributed by atoms with Gasteiger partial charge in [-0.1, -0.05) is 24.3 Å². The number of nitrogen functional groups attached to an aromatic ring is 1. The van der Waals surface area contributed by atoms with Gasteiger partial charge in [-0.3, -0.25) is 5.10 Å². The molecular formula is C28H23F2N3O2. The smallest absolute Gasteiger partial charge is 0.153 e. The van der Waals surface area contributed by atoms with Crippen molar-refractivity contribution in [3.05, 3.63) is 107 Å². The first-order chi connectivity index (χ1) is 17.0. The molecule has 0 saturated heterocycles. The number of rotatable bonds is 7. The Morgan fingerprint density at radius 1 is 0.829 bits per heavy atom. The van der Waals surface area contributed by atoms with Gasteiger partial charge in [-0.25, -0.2) is 8.78 Å². The van der Waals surface area contributed by atoms with Gasteiger partial charge in [-0.2, -0.15) is 5.10 Å². The number of nitrogens with zero attached hydrogens (tertiary/aromatic N) is 1. The average molecular weight is 472 g/mol. The fraction of sp³-hybridized carbons (Fsp3) is 0.107. The van der Waals surface area contributed by atoms with E-state index in [2.05, 4.69) is 10.2 Å². The van der Waals surface area contributed by atoms with Crippen molar-refractivity contribution in [2.75, 3.05) is 12.8 Å². The average Bonchev–Trinajstić information content (AvgIpc) is 3.22. The van der Waals surface area contributed by atoms with Crippen LogP contribution in [0, 0.1) is 11.6 Å². The first-order valence-corrected chi connectivity index (χ1v) is 11.1. The van der Waals surface area contributed by atoms with Crippen LogP contribution in [0.15, 0.2) is 78.9 Å². The van der Waals surface area contributed by atoms with Gasteiger partial charge >= 0.3 is 0 Å². The largest absolute Gasteiger partial charge is 0.497 e. The van der Waals surface area contributed by atoms with Crippen LogP contribution >= 0.6 is 0 Å². The minimum atomic E-state index is -0.608. The van der Waals surface area contributed by atoms with Crippen LogP contribution in [0.5, 0.6) is 11.5 Å². The molecule has 5 aromatic rings. The Labute approximate surface area is 201 Å². The summed E-state index contributed by atoms with van der Waals surface area (Å²) in [6, 6.07) is 22.8. The number of hydrogen-bond donors (Lipinski definition) is 2. The Balaban J connectivity index is 1.43. The van der Waals surface area contributed by atoms with Gasteiger partial charge in [-0.15, -0.1) is 0 Å². The van der Waals surface area contributed by atoms with Crippen LogP contribution in [0.3, 0.4) is 0 Å². The van der Waals surface area contributed by atoms with Crippen LogP contribution in [-0.2, 0) is 13.0 Å². The van der Waals surface area contributed by atoms with E-state index < -0.39 is 11.6 Å². The van der Waals surface area contributed by atoms with Crippen molar-refractivity contribution in [2.45, 2.75) is 13.0 Å². The molecule has 5 rings (SSSR count). The zero-order valence-corrected chi connectivity index (χ0v) is 19.0. The lowest BCUT2D eigenvalue weighted by molar-refractivity contribution is 0.306. The van der Waals surface area contributed by atoms with E-state index >= 15 is 0 Å². The molecule has 0 spiro atoms. The van der Waals surface area contributed by atoms with Crippen molar-refractivity contribution in [2.24, 2.45) is 0 Å². The van der Waals surface area contributed by atoms with Gasteiger partial charge in [0, 0.05) is 11.5 Å². The van der Waals surface area contributed by atoms with E-state index in [0.29, 0.717) is 24.4 Å². The molecule has 0 saturated carbocycles. The number of hydrogen-bond acceptors (Lipinski definition) is 4. The number of aromatic amines is 1. The highest BCUT2D eigenvalue weighted by atomic mass is 19.1. The van der Waals surface area contributed by atoms with Crippen LogP contribution in [0.2, 0.25) is 0 Å². The zero-order chi connectivity index (χ0) is 24.4. The SMILES string of the molecule is COc1ccc(COc2ccc(-c3cc4[nH]nc(N)c4cc3Cc3cc(F)cc(F)c3)cc2)cc1. The van der Waals surface area contributed by atoms with Crippen molar-refractivity contribution in [3.8, 4) is 22.6 Å². The van der Waals surface area contributed by atoms with E-state index in [1.807, 2.05) is 60.7 Å². The maximum absolute atomic E-state index is 13.8. The Morgan fingerprint density at radius 3 is 2.20 bits per heavy atom. The second-order valence-corrected chi connectivity index (χ2v) is 8.28. The van der Waals surface area contributed by atoms with Crippen LogP contribution in [-0.4, -0.2) is 17.3 Å². The molecule has 5 nitrogen and oxygen atoms in total. The molecule has 176 valence electrons. The molecule has 0 aliphatic heterocycles. The van der Waals surface area contributed by atoms with Crippen molar-refractivity contribution >= 4 is 16.7 Å². The molecule has 0 radical (unpaired) electrons. The Bertz CT molecular complexity index is 1460. The summed E-state index contributed by atoms with van der Waals surface area (Å²) in [5.74, 6) is 0.684. The third kappa shape index (κ3) is 4.94. The lowest BCUT2D eigenvalue weighted by Crippen LogP contribution is -1.97. The van der Waals surface area contributed by atoms with Gasteiger partial charge in [0.15, 0.2) is 5.82 Å². The van der Waals surface area contributed by atoms with Crippen molar-refractivity contribution in [1.82, 2.24) is 10.2 Å². The van der Waals surface area contributed by atoms with Gasteiger partial charge in [0.25, 0.3) is 0 Å². The lowest BCUT2D eigenvalue weighted by atomic mass is 9.93. The molecule has 0 atom stereocenters. The summed E-state index contributed by atoms with van der Waals surface area (Å²) in [6.07, 6.45) is 0.334. The highest BCUT2D eigenvalue weighted by Gasteiger charge is 2.13. The van der Waals surface area contributed by atoms with Gasteiger partial charge in [0.2, 0.25) is 0 Å². The van der Waals surface area contributed by atoms with E-state index in [-0.39, 0.29) is 0 Å². The molecular weight excluding hydrogens is 448 g/mol. The van der Waals surface area contributed by atoms with E-state index in [4.69, 9.17) is 15.2 Å². The highest BCUT2D eigenvalue weighted by Crippen LogP contribution is 2.33. The maximum Gasteiger partial charge on any atom is 0.153 e. The van der Waals surface area contributed by atoms with Crippen molar-refractivity contribution in [3.63, 3.8) is 0 Å². The standard InChI is InChI=1S/C28H23F2N3O2/c1-34-23-6-2-17(3-7-23)16-35-24-8-4-19(5-9-24)25-15-27-26(28(31)33-32-27)13-20(25)10-18-11-21(29)14-22(30)12-18/h2-9,11-15H,10,16H2,1H3,(H3,31,32,33).